The average Bonchev–Trinajstić information content (AvgIpc) is 2.77. The Labute approximate surface area is 193 Å². The summed E-state index contributed by atoms with van der Waals surface area (Å²) >= 11 is 0. The molecule has 0 aromatic heterocycles. The van der Waals surface area contributed by atoms with Gasteiger partial charge in [0.2, 0.25) is 10.9 Å². The number of benzene rings is 3. The normalized spacial score (nSPS) is 12.4. The maximum Gasteiger partial charge on any atom is 0.296 e. The van der Waals surface area contributed by atoms with Crippen LogP contribution in [0.1, 0.15) is 0 Å². The Hall–Kier alpha value is -5.03. The van der Waals surface area contributed by atoms with E-state index in [0.717, 1.165) is 36.4 Å². The number of hydrogen-bond donors (Lipinski definition) is 4. The molecule has 0 unspecified atom stereocenters. The Balaban J connectivity index is 2.01. The van der Waals surface area contributed by atoms with Gasteiger partial charge in [-0.3, -0.25) is 45.2 Å². The molecular formula is C18H13N7O9S. The highest BCUT2D eigenvalue weighted by Crippen LogP contribution is 2.26. The van der Waals surface area contributed by atoms with Gasteiger partial charge in [-0.1, -0.05) is 0 Å². The summed E-state index contributed by atoms with van der Waals surface area (Å²) in [5, 5.41) is 28.1. The fourth-order valence-electron chi connectivity index (χ4n) is 2.70. The van der Waals surface area contributed by atoms with Gasteiger partial charge in [0.25, 0.3) is 21.5 Å². The SMILES string of the molecule is Nc1cc(N/N=c2\c(=O)cc/c(=N\Nc3ccc([N+](=O)[O-])cc3S(=O)(=O)O)c2=O)ccc1[N+](=O)[O-]. The predicted octanol–water partition coefficient (Wildman–Crippen LogP) is -0.216. The van der Waals surface area contributed by atoms with Crippen molar-refractivity contribution in [2.75, 3.05) is 16.6 Å². The lowest BCUT2D eigenvalue weighted by atomic mass is 10.2. The lowest BCUT2D eigenvalue weighted by Gasteiger charge is -2.05. The summed E-state index contributed by atoms with van der Waals surface area (Å²) in [7, 11) is -4.91. The number of nitro groups is 2. The highest BCUT2D eigenvalue weighted by atomic mass is 32.2. The first-order chi connectivity index (χ1) is 16.4. The number of rotatable bonds is 7. The number of nitrogens with two attached hydrogens (primary N) is 1. The van der Waals surface area contributed by atoms with Crippen molar-refractivity contribution in [2.24, 2.45) is 10.2 Å². The molecule has 0 saturated carbocycles. The highest BCUT2D eigenvalue weighted by molar-refractivity contribution is 7.86. The molecule has 0 heterocycles. The first kappa shape index (κ1) is 24.6. The maximum absolute atomic E-state index is 12.6. The summed E-state index contributed by atoms with van der Waals surface area (Å²) in [5.41, 5.74) is 6.95. The van der Waals surface area contributed by atoms with E-state index in [1.165, 1.54) is 6.07 Å². The van der Waals surface area contributed by atoms with Gasteiger partial charge in [-0.25, -0.2) is 0 Å². The Kier molecular flexibility index (Phi) is 6.65. The third kappa shape index (κ3) is 5.49. The van der Waals surface area contributed by atoms with Crippen LogP contribution in [0.15, 0.2) is 73.2 Å². The molecule has 5 N–H and O–H groups in total. The highest BCUT2D eigenvalue weighted by Gasteiger charge is 2.20. The van der Waals surface area contributed by atoms with Gasteiger partial charge in [0.1, 0.15) is 15.9 Å². The van der Waals surface area contributed by atoms with E-state index in [1.807, 2.05) is 0 Å². The third-order valence-electron chi connectivity index (χ3n) is 4.35. The third-order valence-corrected chi connectivity index (χ3v) is 5.24. The van der Waals surface area contributed by atoms with Crippen LogP contribution in [-0.4, -0.2) is 22.8 Å². The van der Waals surface area contributed by atoms with Crippen molar-refractivity contribution in [2.45, 2.75) is 4.90 Å². The number of anilines is 3. The summed E-state index contributed by atoms with van der Waals surface area (Å²) in [6, 6.07) is 7.94. The topological polar surface area (TPSA) is 250 Å². The van der Waals surface area contributed by atoms with Gasteiger partial charge in [0, 0.05) is 18.2 Å². The molecule has 0 atom stereocenters. The van der Waals surface area contributed by atoms with Crippen LogP contribution in [0, 0.1) is 20.2 Å². The van der Waals surface area contributed by atoms with E-state index in [0.29, 0.717) is 6.07 Å². The van der Waals surface area contributed by atoms with Crippen molar-refractivity contribution in [3.8, 4) is 0 Å². The minimum Gasteiger partial charge on any atom is -0.393 e. The molecular weight excluding hydrogens is 490 g/mol. The zero-order valence-electron chi connectivity index (χ0n) is 17.1. The van der Waals surface area contributed by atoms with E-state index in [9.17, 15) is 42.8 Å². The number of nitrogen functional groups attached to an aromatic ring is 1. The molecule has 3 aromatic rings. The van der Waals surface area contributed by atoms with Crippen molar-refractivity contribution < 1.29 is 22.8 Å². The van der Waals surface area contributed by atoms with E-state index in [4.69, 9.17) is 5.73 Å². The molecule has 180 valence electrons. The van der Waals surface area contributed by atoms with E-state index in [2.05, 4.69) is 21.1 Å². The van der Waals surface area contributed by atoms with E-state index in [-0.39, 0.29) is 22.7 Å². The second kappa shape index (κ2) is 9.45. The van der Waals surface area contributed by atoms with Gasteiger partial charge >= 0.3 is 0 Å². The molecule has 16 nitrogen and oxygen atoms in total. The molecule has 0 amide bonds. The van der Waals surface area contributed by atoms with Crippen molar-refractivity contribution in [3.63, 3.8) is 0 Å². The predicted molar refractivity (Wildman–Crippen MR) is 120 cm³/mol. The van der Waals surface area contributed by atoms with Crippen LogP contribution in [0.2, 0.25) is 0 Å². The number of nitrogens with zero attached hydrogens (tertiary/aromatic N) is 4. The number of hydrogen-bond acceptors (Lipinski definition) is 13. The Morgan fingerprint density at radius 3 is 2.23 bits per heavy atom. The van der Waals surface area contributed by atoms with Crippen LogP contribution in [0.3, 0.4) is 0 Å². The van der Waals surface area contributed by atoms with Crippen LogP contribution in [0.25, 0.3) is 0 Å². The molecule has 0 aliphatic carbocycles. The quantitative estimate of drug-likeness (QED) is 0.141. The Morgan fingerprint density at radius 1 is 0.914 bits per heavy atom. The van der Waals surface area contributed by atoms with Crippen LogP contribution < -0.4 is 38.2 Å². The summed E-state index contributed by atoms with van der Waals surface area (Å²) < 4.78 is 32.5. The minimum absolute atomic E-state index is 0.135. The van der Waals surface area contributed by atoms with E-state index >= 15 is 0 Å². The van der Waals surface area contributed by atoms with Crippen LogP contribution in [0.5, 0.6) is 0 Å². The van der Waals surface area contributed by atoms with Gasteiger partial charge in [-0.15, -0.1) is 0 Å². The molecule has 3 rings (SSSR count). The first-order valence-corrected chi connectivity index (χ1v) is 10.6. The summed E-state index contributed by atoms with van der Waals surface area (Å²) in [5.74, 6) is 0. The number of nitro benzene ring substituents is 2. The van der Waals surface area contributed by atoms with Crippen LogP contribution in [0.4, 0.5) is 28.4 Å². The van der Waals surface area contributed by atoms with Crippen molar-refractivity contribution in [3.05, 3.63) is 99.9 Å². The van der Waals surface area contributed by atoms with Crippen LogP contribution >= 0.6 is 0 Å². The van der Waals surface area contributed by atoms with Crippen molar-refractivity contribution in [1.82, 2.24) is 0 Å². The summed E-state index contributed by atoms with van der Waals surface area (Å²) in [6.07, 6.45) is 0. The molecule has 0 aliphatic heterocycles. The zero-order valence-corrected chi connectivity index (χ0v) is 17.9. The number of nitrogens with one attached hydrogen (secondary N) is 2. The van der Waals surface area contributed by atoms with Gasteiger partial charge in [0.15, 0.2) is 5.36 Å². The molecule has 0 saturated heterocycles. The fraction of sp³-hybridized carbons (Fsp3) is 0. The molecule has 0 spiro atoms. The van der Waals surface area contributed by atoms with Gasteiger partial charge in [0.05, 0.1) is 21.2 Å². The lowest BCUT2D eigenvalue weighted by molar-refractivity contribution is -0.385. The monoisotopic (exact) mass is 503 g/mol. The summed E-state index contributed by atoms with van der Waals surface area (Å²) in [4.78, 5) is 44.0. The minimum atomic E-state index is -4.91. The van der Waals surface area contributed by atoms with E-state index < -0.39 is 52.1 Å². The Bertz CT molecular complexity index is 1690. The second-order valence-corrected chi connectivity index (χ2v) is 8.04. The molecule has 0 bridgehead atoms. The average molecular weight is 503 g/mol. The molecule has 0 fully saturated rings. The van der Waals surface area contributed by atoms with Crippen molar-refractivity contribution >= 4 is 38.6 Å². The van der Waals surface area contributed by atoms with Gasteiger partial charge < -0.3 is 5.73 Å². The number of non-ortho nitro benzene ring substituents is 1. The first-order valence-electron chi connectivity index (χ1n) is 9.13. The van der Waals surface area contributed by atoms with Crippen molar-refractivity contribution in [1.29, 1.82) is 0 Å². The van der Waals surface area contributed by atoms with Crippen LogP contribution in [-0.2, 0) is 10.1 Å². The smallest absolute Gasteiger partial charge is 0.296 e. The Morgan fingerprint density at radius 2 is 1.63 bits per heavy atom. The van der Waals surface area contributed by atoms with Gasteiger partial charge in [-0.2, -0.15) is 18.6 Å². The molecule has 35 heavy (non-hydrogen) atoms. The molecule has 3 aromatic carbocycles. The molecule has 0 radical (unpaired) electrons. The van der Waals surface area contributed by atoms with Gasteiger partial charge in [-0.05, 0) is 30.3 Å². The summed E-state index contributed by atoms with van der Waals surface area (Å²) in [6.45, 7) is 0. The zero-order chi connectivity index (χ0) is 25.9. The fourth-order valence-corrected chi connectivity index (χ4v) is 3.36. The maximum atomic E-state index is 12.6. The molecule has 0 aliphatic rings. The standard InChI is InChI=1S/C18H13N7O9S/c19-11-7-9(1-5-14(11)25(30)31)20-23-17-15(26)6-4-13(18(17)27)22-21-12-3-2-10(24(28)29)8-16(12)35(32,33)34/h1-8,20-21H,19H2,(H,32,33,34)/b22-13+,23-17+. The van der Waals surface area contributed by atoms with E-state index in [1.54, 1.807) is 0 Å². The second-order valence-electron chi connectivity index (χ2n) is 6.65. The lowest BCUT2D eigenvalue weighted by Crippen LogP contribution is -2.48. The largest absolute Gasteiger partial charge is 0.393 e. The molecule has 17 heteroatoms.